The van der Waals surface area contributed by atoms with Gasteiger partial charge in [-0.15, -0.1) is 0 Å². The highest BCUT2D eigenvalue weighted by Gasteiger charge is 2.03. The van der Waals surface area contributed by atoms with E-state index in [1.54, 1.807) is 24.3 Å². The minimum atomic E-state index is 0.493. The number of halogens is 1. The number of rotatable bonds is 2. The highest BCUT2D eigenvalue weighted by molar-refractivity contribution is 6.30. The van der Waals surface area contributed by atoms with Gasteiger partial charge in [0.15, 0.2) is 0 Å². The van der Waals surface area contributed by atoms with Crippen LogP contribution in [0.4, 0.5) is 0 Å². The molecule has 0 saturated carbocycles. The van der Waals surface area contributed by atoms with Gasteiger partial charge in [-0.3, -0.25) is 0 Å². The van der Waals surface area contributed by atoms with Crippen molar-refractivity contribution in [3.8, 4) is 11.3 Å². The summed E-state index contributed by atoms with van der Waals surface area (Å²) in [5.74, 6) is 1.18. The third kappa shape index (κ3) is 2.19. The van der Waals surface area contributed by atoms with Crippen molar-refractivity contribution in [3.05, 3.63) is 47.2 Å². The van der Waals surface area contributed by atoms with E-state index in [-0.39, 0.29) is 0 Å². The molecule has 76 valence electrons. The molecular formula is C11H8ClNO2. The molecule has 0 unspecified atom stereocenters. The van der Waals surface area contributed by atoms with Gasteiger partial charge in [0.25, 0.3) is 0 Å². The van der Waals surface area contributed by atoms with Gasteiger partial charge in [0.1, 0.15) is 17.7 Å². The Kier molecular flexibility index (Phi) is 2.74. The largest absolute Gasteiger partial charge is 0.455 e. The summed E-state index contributed by atoms with van der Waals surface area (Å²) in [5.41, 5.74) is 0.889. The maximum absolute atomic E-state index is 8.33. The highest BCUT2D eigenvalue weighted by atomic mass is 35.5. The van der Waals surface area contributed by atoms with E-state index in [0.29, 0.717) is 16.5 Å². The Labute approximate surface area is 91.6 Å². The van der Waals surface area contributed by atoms with Crippen molar-refractivity contribution in [3.63, 3.8) is 0 Å². The molecule has 15 heavy (non-hydrogen) atoms. The topological polar surface area (TPSA) is 45.7 Å². The van der Waals surface area contributed by atoms with Crippen LogP contribution in [0.1, 0.15) is 5.76 Å². The number of oxime groups is 1. The molecule has 0 atom stereocenters. The second-order valence-corrected chi connectivity index (χ2v) is 3.39. The van der Waals surface area contributed by atoms with Gasteiger partial charge < -0.3 is 9.62 Å². The van der Waals surface area contributed by atoms with Gasteiger partial charge in [-0.25, -0.2) is 0 Å². The van der Waals surface area contributed by atoms with Crippen LogP contribution in [0.15, 0.2) is 46.0 Å². The number of benzene rings is 1. The predicted octanol–water partition coefficient (Wildman–Crippen LogP) is 3.41. The van der Waals surface area contributed by atoms with Crippen LogP contribution < -0.4 is 0 Å². The molecule has 1 aromatic heterocycles. The van der Waals surface area contributed by atoms with E-state index in [9.17, 15) is 0 Å². The molecule has 0 aliphatic carbocycles. The van der Waals surface area contributed by atoms with Gasteiger partial charge in [0.2, 0.25) is 0 Å². The first kappa shape index (κ1) is 9.80. The van der Waals surface area contributed by atoms with Crippen molar-refractivity contribution >= 4 is 17.8 Å². The van der Waals surface area contributed by atoms with E-state index < -0.39 is 0 Å². The molecule has 1 aromatic carbocycles. The van der Waals surface area contributed by atoms with Crippen LogP contribution in [0, 0.1) is 0 Å². The molecule has 4 heteroatoms. The fourth-order valence-corrected chi connectivity index (χ4v) is 1.47. The molecule has 0 radical (unpaired) electrons. The summed E-state index contributed by atoms with van der Waals surface area (Å²) < 4.78 is 5.40. The fraction of sp³-hybridized carbons (Fsp3) is 0. The Morgan fingerprint density at radius 3 is 2.87 bits per heavy atom. The van der Waals surface area contributed by atoms with E-state index in [1.165, 1.54) is 6.21 Å². The normalized spacial score (nSPS) is 11.0. The summed E-state index contributed by atoms with van der Waals surface area (Å²) in [6.45, 7) is 0. The molecule has 1 N–H and O–H groups in total. The van der Waals surface area contributed by atoms with Crippen LogP contribution in [-0.2, 0) is 0 Å². The van der Waals surface area contributed by atoms with E-state index >= 15 is 0 Å². The maximum atomic E-state index is 8.33. The van der Waals surface area contributed by atoms with Crippen molar-refractivity contribution in [1.82, 2.24) is 0 Å². The molecule has 2 rings (SSSR count). The highest BCUT2D eigenvalue weighted by Crippen LogP contribution is 2.24. The standard InChI is InChI=1S/C11H8ClNO2/c12-9-3-1-2-8(6-9)11-5-4-10(15-11)7-13-14/h1-7,14H. The molecule has 0 spiro atoms. The second-order valence-electron chi connectivity index (χ2n) is 2.96. The van der Waals surface area contributed by atoms with Crippen molar-refractivity contribution < 1.29 is 9.62 Å². The smallest absolute Gasteiger partial charge is 0.149 e. The Morgan fingerprint density at radius 1 is 1.27 bits per heavy atom. The lowest BCUT2D eigenvalue weighted by Gasteiger charge is -1.96. The summed E-state index contributed by atoms with van der Waals surface area (Å²) in [6.07, 6.45) is 1.23. The summed E-state index contributed by atoms with van der Waals surface area (Å²) in [4.78, 5) is 0. The third-order valence-corrected chi connectivity index (χ3v) is 2.16. The number of furan rings is 1. The summed E-state index contributed by atoms with van der Waals surface area (Å²) in [5, 5.41) is 11.9. The monoisotopic (exact) mass is 221 g/mol. The summed E-state index contributed by atoms with van der Waals surface area (Å²) >= 11 is 5.85. The zero-order chi connectivity index (χ0) is 10.7. The molecule has 1 heterocycles. The SMILES string of the molecule is ON=Cc1ccc(-c2cccc(Cl)c2)o1. The Balaban J connectivity index is 2.37. The number of hydrogen-bond donors (Lipinski definition) is 1. The summed E-state index contributed by atoms with van der Waals surface area (Å²) in [7, 11) is 0. The van der Waals surface area contributed by atoms with Gasteiger partial charge in [0, 0.05) is 10.6 Å². The molecule has 0 fully saturated rings. The second kappa shape index (κ2) is 4.19. The van der Waals surface area contributed by atoms with Crippen LogP contribution >= 0.6 is 11.6 Å². The van der Waals surface area contributed by atoms with Crippen molar-refractivity contribution in [2.45, 2.75) is 0 Å². The zero-order valence-corrected chi connectivity index (χ0v) is 8.48. The first-order valence-corrected chi connectivity index (χ1v) is 4.70. The molecule has 2 aromatic rings. The van der Waals surface area contributed by atoms with Gasteiger partial charge in [-0.05, 0) is 24.3 Å². The van der Waals surface area contributed by atoms with E-state index in [0.717, 1.165) is 5.56 Å². The Bertz CT molecular complexity index is 491. The number of hydrogen-bond acceptors (Lipinski definition) is 3. The molecule has 0 aliphatic heterocycles. The Morgan fingerprint density at radius 2 is 2.13 bits per heavy atom. The van der Waals surface area contributed by atoms with Gasteiger partial charge in [-0.1, -0.05) is 28.9 Å². The molecular weight excluding hydrogens is 214 g/mol. The van der Waals surface area contributed by atoms with Crippen LogP contribution in [0.2, 0.25) is 5.02 Å². The number of nitrogens with zero attached hydrogens (tertiary/aromatic N) is 1. The maximum Gasteiger partial charge on any atom is 0.149 e. The van der Waals surface area contributed by atoms with Crippen molar-refractivity contribution in [2.24, 2.45) is 5.16 Å². The lowest BCUT2D eigenvalue weighted by Crippen LogP contribution is -1.74. The first-order valence-electron chi connectivity index (χ1n) is 4.33. The van der Waals surface area contributed by atoms with Gasteiger partial charge in [0.05, 0.1) is 0 Å². The van der Waals surface area contributed by atoms with E-state index in [4.69, 9.17) is 21.2 Å². The lowest BCUT2D eigenvalue weighted by atomic mass is 10.2. The van der Waals surface area contributed by atoms with E-state index in [2.05, 4.69) is 5.16 Å². The molecule has 3 nitrogen and oxygen atoms in total. The van der Waals surface area contributed by atoms with Crippen LogP contribution in [-0.4, -0.2) is 11.4 Å². The van der Waals surface area contributed by atoms with Crippen molar-refractivity contribution in [1.29, 1.82) is 0 Å². The van der Waals surface area contributed by atoms with E-state index in [1.807, 2.05) is 12.1 Å². The molecule has 0 amide bonds. The van der Waals surface area contributed by atoms with Crippen LogP contribution in [0.25, 0.3) is 11.3 Å². The average Bonchev–Trinajstić information content (AvgIpc) is 2.67. The first-order chi connectivity index (χ1) is 7.29. The third-order valence-electron chi connectivity index (χ3n) is 1.92. The minimum Gasteiger partial charge on any atom is -0.455 e. The average molecular weight is 222 g/mol. The summed E-state index contributed by atoms with van der Waals surface area (Å²) in [6, 6.07) is 10.9. The molecule has 0 bridgehead atoms. The predicted molar refractivity (Wildman–Crippen MR) is 58.5 cm³/mol. The Hall–Kier alpha value is -1.74. The zero-order valence-electron chi connectivity index (χ0n) is 7.72. The molecule has 0 saturated heterocycles. The lowest BCUT2D eigenvalue weighted by molar-refractivity contribution is 0.321. The van der Waals surface area contributed by atoms with Crippen molar-refractivity contribution in [2.75, 3.05) is 0 Å². The van der Waals surface area contributed by atoms with Crippen LogP contribution in [0.3, 0.4) is 0 Å². The van der Waals surface area contributed by atoms with Crippen LogP contribution in [0.5, 0.6) is 0 Å². The quantitative estimate of drug-likeness (QED) is 0.480. The van der Waals surface area contributed by atoms with Gasteiger partial charge in [-0.2, -0.15) is 0 Å². The van der Waals surface area contributed by atoms with Gasteiger partial charge >= 0.3 is 0 Å². The fourth-order valence-electron chi connectivity index (χ4n) is 1.28. The minimum absolute atomic E-state index is 0.493. The molecule has 0 aliphatic rings.